The number of hydrogen-bond donors (Lipinski definition) is 2. The Labute approximate surface area is 162 Å². The van der Waals surface area contributed by atoms with Gasteiger partial charge in [-0.2, -0.15) is 5.26 Å². The molecule has 0 saturated carbocycles. The van der Waals surface area contributed by atoms with Gasteiger partial charge in [-0.3, -0.25) is 4.79 Å². The standard InChI is InChI=1S/C22H17ClN2O2/c23-20-13-19(12-11-17(20)15-24)25-21(26)22(27,18-9-5-2-6-10-18)14-16-7-3-1-4-8-16/h1-13,27H,14H2,(H,25,26). The fourth-order valence-corrected chi connectivity index (χ4v) is 3.06. The highest BCUT2D eigenvalue weighted by atomic mass is 35.5. The van der Waals surface area contributed by atoms with Gasteiger partial charge in [0.15, 0.2) is 5.60 Å². The van der Waals surface area contributed by atoms with E-state index in [0.29, 0.717) is 16.8 Å². The van der Waals surface area contributed by atoms with Crippen LogP contribution >= 0.6 is 11.6 Å². The molecule has 3 rings (SSSR count). The molecule has 1 unspecified atom stereocenters. The van der Waals surface area contributed by atoms with Gasteiger partial charge in [0.1, 0.15) is 6.07 Å². The molecule has 0 saturated heterocycles. The average molecular weight is 377 g/mol. The predicted octanol–water partition coefficient (Wildman–Crippen LogP) is 4.28. The van der Waals surface area contributed by atoms with E-state index in [0.717, 1.165) is 5.56 Å². The van der Waals surface area contributed by atoms with Gasteiger partial charge in [-0.1, -0.05) is 72.3 Å². The second-order valence-corrected chi connectivity index (χ2v) is 6.56. The molecular formula is C22H17ClN2O2. The molecular weight excluding hydrogens is 360 g/mol. The molecule has 0 aliphatic carbocycles. The van der Waals surface area contributed by atoms with Crippen LogP contribution in [0.15, 0.2) is 78.9 Å². The molecule has 1 amide bonds. The monoisotopic (exact) mass is 376 g/mol. The van der Waals surface area contributed by atoms with Gasteiger partial charge in [-0.05, 0) is 29.3 Å². The third-order valence-corrected chi connectivity index (χ3v) is 4.59. The summed E-state index contributed by atoms with van der Waals surface area (Å²) < 4.78 is 0. The van der Waals surface area contributed by atoms with Crippen molar-refractivity contribution in [3.8, 4) is 6.07 Å². The van der Waals surface area contributed by atoms with E-state index in [2.05, 4.69) is 5.32 Å². The lowest BCUT2D eigenvalue weighted by Gasteiger charge is -2.28. The number of rotatable bonds is 5. The van der Waals surface area contributed by atoms with Gasteiger partial charge in [-0.15, -0.1) is 0 Å². The summed E-state index contributed by atoms with van der Waals surface area (Å²) in [5.74, 6) is -0.571. The van der Waals surface area contributed by atoms with E-state index in [1.165, 1.54) is 12.1 Å². The lowest BCUT2D eigenvalue weighted by molar-refractivity contribution is -0.135. The first-order valence-corrected chi connectivity index (χ1v) is 8.73. The topological polar surface area (TPSA) is 73.1 Å². The van der Waals surface area contributed by atoms with Gasteiger partial charge in [-0.25, -0.2) is 0 Å². The van der Waals surface area contributed by atoms with Crippen molar-refractivity contribution in [1.29, 1.82) is 5.26 Å². The van der Waals surface area contributed by atoms with Crippen LogP contribution in [0.2, 0.25) is 5.02 Å². The predicted molar refractivity (Wildman–Crippen MR) is 105 cm³/mol. The molecule has 5 heteroatoms. The summed E-state index contributed by atoms with van der Waals surface area (Å²) >= 11 is 6.04. The minimum Gasteiger partial charge on any atom is -0.375 e. The molecule has 1 atom stereocenters. The summed E-state index contributed by atoms with van der Waals surface area (Å²) in [6.45, 7) is 0. The second-order valence-electron chi connectivity index (χ2n) is 6.15. The Balaban J connectivity index is 1.94. The van der Waals surface area contributed by atoms with Gasteiger partial charge in [0.25, 0.3) is 5.91 Å². The number of benzene rings is 3. The fourth-order valence-electron chi connectivity index (χ4n) is 2.84. The molecule has 3 aromatic rings. The van der Waals surface area contributed by atoms with E-state index >= 15 is 0 Å². The zero-order valence-corrected chi connectivity index (χ0v) is 15.1. The molecule has 0 heterocycles. The Morgan fingerprint density at radius 1 is 1.04 bits per heavy atom. The number of carbonyl (C=O) groups excluding carboxylic acids is 1. The number of aliphatic hydroxyl groups is 1. The average Bonchev–Trinajstić information content (AvgIpc) is 2.69. The van der Waals surface area contributed by atoms with Gasteiger partial charge in [0, 0.05) is 12.1 Å². The van der Waals surface area contributed by atoms with Crippen molar-refractivity contribution in [3.05, 3.63) is 101 Å². The maximum atomic E-state index is 13.0. The van der Waals surface area contributed by atoms with Crippen molar-refractivity contribution < 1.29 is 9.90 Å². The van der Waals surface area contributed by atoms with Crippen molar-refractivity contribution in [2.24, 2.45) is 0 Å². The molecule has 4 nitrogen and oxygen atoms in total. The van der Waals surface area contributed by atoms with Gasteiger partial charge in [0.2, 0.25) is 0 Å². The molecule has 0 spiro atoms. The third-order valence-electron chi connectivity index (χ3n) is 4.28. The maximum absolute atomic E-state index is 13.0. The Kier molecular flexibility index (Phi) is 5.56. The lowest BCUT2D eigenvalue weighted by atomic mass is 9.86. The first kappa shape index (κ1) is 18.7. The molecule has 0 aromatic heterocycles. The summed E-state index contributed by atoms with van der Waals surface area (Å²) in [6, 6.07) is 24.7. The summed E-state index contributed by atoms with van der Waals surface area (Å²) in [5.41, 5.74) is 0.287. The number of hydrogen-bond acceptors (Lipinski definition) is 3. The summed E-state index contributed by atoms with van der Waals surface area (Å²) in [5, 5.41) is 23.3. The summed E-state index contributed by atoms with van der Waals surface area (Å²) in [6.07, 6.45) is 0.119. The molecule has 3 aromatic carbocycles. The molecule has 2 N–H and O–H groups in total. The van der Waals surface area contributed by atoms with Crippen LogP contribution in [0, 0.1) is 11.3 Å². The fraction of sp³-hybridized carbons (Fsp3) is 0.0909. The van der Waals surface area contributed by atoms with Crippen LogP contribution in [-0.2, 0) is 16.8 Å². The van der Waals surface area contributed by atoms with Crippen molar-refractivity contribution in [1.82, 2.24) is 0 Å². The molecule has 0 radical (unpaired) electrons. The highest BCUT2D eigenvalue weighted by Crippen LogP contribution is 2.29. The van der Waals surface area contributed by atoms with Crippen LogP contribution in [0.4, 0.5) is 5.69 Å². The van der Waals surface area contributed by atoms with Gasteiger partial charge >= 0.3 is 0 Å². The largest absolute Gasteiger partial charge is 0.375 e. The number of halogens is 1. The molecule has 134 valence electrons. The minimum absolute atomic E-state index is 0.119. The van der Waals surface area contributed by atoms with E-state index in [9.17, 15) is 9.90 Å². The van der Waals surface area contributed by atoms with E-state index in [4.69, 9.17) is 16.9 Å². The molecule has 0 bridgehead atoms. The molecule has 0 aliphatic rings. The number of nitrogens with one attached hydrogen (secondary N) is 1. The van der Waals surface area contributed by atoms with E-state index < -0.39 is 11.5 Å². The van der Waals surface area contributed by atoms with Crippen LogP contribution in [0.5, 0.6) is 0 Å². The van der Waals surface area contributed by atoms with E-state index in [1.807, 2.05) is 42.5 Å². The van der Waals surface area contributed by atoms with Crippen molar-refractivity contribution in [3.63, 3.8) is 0 Å². The first-order chi connectivity index (χ1) is 13.0. The van der Waals surface area contributed by atoms with E-state index in [1.54, 1.807) is 30.3 Å². The van der Waals surface area contributed by atoms with Crippen LogP contribution in [0.1, 0.15) is 16.7 Å². The Morgan fingerprint density at radius 2 is 1.67 bits per heavy atom. The first-order valence-electron chi connectivity index (χ1n) is 8.36. The Hall–Kier alpha value is -3.13. The maximum Gasteiger partial charge on any atom is 0.261 e. The quantitative estimate of drug-likeness (QED) is 0.698. The third kappa shape index (κ3) is 4.17. The van der Waals surface area contributed by atoms with Crippen LogP contribution < -0.4 is 5.32 Å². The highest BCUT2D eigenvalue weighted by molar-refractivity contribution is 6.32. The number of anilines is 1. The van der Waals surface area contributed by atoms with E-state index in [-0.39, 0.29) is 11.4 Å². The molecule has 27 heavy (non-hydrogen) atoms. The second kappa shape index (κ2) is 8.05. The molecule has 0 fully saturated rings. The van der Waals surface area contributed by atoms with Crippen molar-refractivity contribution in [2.75, 3.05) is 5.32 Å². The lowest BCUT2D eigenvalue weighted by Crippen LogP contribution is -2.42. The minimum atomic E-state index is -1.76. The van der Waals surface area contributed by atoms with Gasteiger partial charge in [0.05, 0.1) is 10.6 Å². The van der Waals surface area contributed by atoms with Crippen molar-refractivity contribution >= 4 is 23.2 Å². The smallest absolute Gasteiger partial charge is 0.261 e. The Morgan fingerprint density at radius 3 is 2.26 bits per heavy atom. The summed E-state index contributed by atoms with van der Waals surface area (Å²) in [4.78, 5) is 13.0. The SMILES string of the molecule is N#Cc1ccc(NC(=O)C(O)(Cc2ccccc2)c2ccccc2)cc1Cl. The summed E-state index contributed by atoms with van der Waals surface area (Å²) in [7, 11) is 0. The zero-order chi connectivity index (χ0) is 19.3. The number of nitrogens with zero attached hydrogens (tertiary/aromatic N) is 1. The number of amides is 1. The normalized spacial score (nSPS) is 12.6. The zero-order valence-electron chi connectivity index (χ0n) is 14.4. The molecule has 0 aliphatic heterocycles. The van der Waals surface area contributed by atoms with Gasteiger partial charge < -0.3 is 10.4 Å². The van der Waals surface area contributed by atoms with Crippen molar-refractivity contribution in [2.45, 2.75) is 12.0 Å². The van der Waals surface area contributed by atoms with Crippen LogP contribution in [0.3, 0.4) is 0 Å². The Bertz CT molecular complexity index is 984. The van der Waals surface area contributed by atoms with Crippen LogP contribution in [-0.4, -0.2) is 11.0 Å². The van der Waals surface area contributed by atoms with Crippen LogP contribution in [0.25, 0.3) is 0 Å². The highest BCUT2D eigenvalue weighted by Gasteiger charge is 2.38. The number of carbonyl (C=O) groups is 1. The number of nitriles is 1.